The van der Waals surface area contributed by atoms with E-state index >= 15 is 0 Å². The van der Waals surface area contributed by atoms with E-state index in [2.05, 4.69) is 5.43 Å². The smallest absolute Gasteiger partial charge is 0.238 e. The van der Waals surface area contributed by atoms with Crippen LogP contribution < -0.4 is 5.43 Å². The summed E-state index contributed by atoms with van der Waals surface area (Å²) in [5.74, 6) is 0.184. The van der Waals surface area contributed by atoms with Crippen molar-refractivity contribution in [2.24, 2.45) is 0 Å². The van der Waals surface area contributed by atoms with Crippen LogP contribution in [-0.4, -0.2) is 17.5 Å². The van der Waals surface area contributed by atoms with Gasteiger partial charge in [-0.2, -0.15) is 0 Å². The van der Waals surface area contributed by atoms with Crippen molar-refractivity contribution in [3.63, 3.8) is 0 Å². The van der Waals surface area contributed by atoms with E-state index in [1.807, 2.05) is 30.3 Å². The summed E-state index contributed by atoms with van der Waals surface area (Å²) in [6.07, 6.45) is 0.618. The van der Waals surface area contributed by atoms with Crippen LogP contribution in [-0.2, 0) is 11.3 Å². The Labute approximate surface area is 77.3 Å². The molecular formula is C10H12N2O. The molecular weight excluding hydrogens is 164 g/mol. The minimum absolute atomic E-state index is 0.184. The van der Waals surface area contributed by atoms with Crippen LogP contribution in [0.1, 0.15) is 12.0 Å². The lowest BCUT2D eigenvalue weighted by atomic mass is 10.2. The molecule has 2 rings (SSSR count). The molecule has 0 spiro atoms. The zero-order valence-electron chi connectivity index (χ0n) is 7.36. The third-order valence-corrected chi connectivity index (χ3v) is 2.13. The Morgan fingerprint density at radius 2 is 2.08 bits per heavy atom. The van der Waals surface area contributed by atoms with Crippen LogP contribution in [0.3, 0.4) is 0 Å². The predicted molar refractivity (Wildman–Crippen MR) is 49.6 cm³/mol. The molecule has 68 valence electrons. The highest BCUT2D eigenvalue weighted by molar-refractivity contribution is 5.77. The monoisotopic (exact) mass is 176 g/mol. The molecule has 0 bridgehead atoms. The third-order valence-electron chi connectivity index (χ3n) is 2.13. The van der Waals surface area contributed by atoms with Crippen LogP contribution in [0.2, 0.25) is 0 Å². The Hall–Kier alpha value is -1.35. The highest BCUT2D eigenvalue weighted by Crippen LogP contribution is 2.06. The second kappa shape index (κ2) is 3.58. The molecule has 1 aliphatic rings. The van der Waals surface area contributed by atoms with Gasteiger partial charge < -0.3 is 0 Å². The van der Waals surface area contributed by atoms with Crippen LogP contribution >= 0.6 is 0 Å². The highest BCUT2D eigenvalue weighted by atomic mass is 16.2. The number of benzene rings is 1. The summed E-state index contributed by atoms with van der Waals surface area (Å²) in [6, 6.07) is 9.98. The van der Waals surface area contributed by atoms with E-state index in [0.717, 1.165) is 12.1 Å². The molecule has 3 heteroatoms. The van der Waals surface area contributed by atoms with Gasteiger partial charge in [0.25, 0.3) is 0 Å². The molecule has 1 fully saturated rings. The van der Waals surface area contributed by atoms with E-state index in [4.69, 9.17) is 0 Å². The van der Waals surface area contributed by atoms with Crippen molar-refractivity contribution in [3.8, 4) is 0 Å². The molecule has 0 atom stereocenters. The van der Waals surface area contributed by atoms with Crippen molar-refractivity contribution in [1.29, 1.82) is 0 Å². The number of hydrazine groups is 1. The van der Waals surface area contributed by atoms with Crippen molar-refractivity contribution < 1.29 is 4.79 Å². The number of rotatable bonds is 2. The topological polar surface area (TPSA) is 32.3 Å². The van der Waals surface area contributed by atoms with Gasteiger partial charge in [-0.15, -0.1) is 0 Å². The summed E-state index contributed by atoms with van der Waals surface area (Å²) in [7, 11) is 0. The maximum Gasteiger partial charge on any atom is 0.238 e. The van der Waals surface area contributed by atoms with Gasteiger partial charge in [-0.25, -0.2) is 5.43 Å². The van der Waals surface area contributed by atoms with Gasteiger partial charge in [-0.3, -0.25) is 9.80 Å². The van der Waals surface area contributed by atoms with E-state index in [-0.39, 0.29) is 5.91 Å². The van der Waals surface area contributed by atoms with Gasteiger partial charge in [0.1, 0.15) is 0 Å². The fourth-order valence-electron chi connectivity index (χ4n) is 1.43. The lowest BCUT2D eigenvalue weighted by Crippen LogP contribution is -2.33. The van der Waals surface area contributed by atoms with Gasteiger partial charge in [-0.1, -0.05) is 30.3 Å². The number of nitrogens with zero attached hydrogens (tertiary/aromatic N) is 1. The average molecular weight is 176 g/mol. The second-order valence-electron chi connectivity index (χ2n) is 3.12. The third kappa shape index (κ3) is 1.87. The molecule has 0 saturated carbocycles. The number of carbonyl (C=O) groups excluding carboxylic acids is 1. The Morgan fingerprint density at radius 1 is 1.31 bits per heavy atom. The first-order valence-corrected chi connectivity index (χ1v) is 4.44. The van der Waals surface area contributed by atoms with Crippen LogP contribution in [0, 0.1) is 0 Å². The van der Waals surface area contributed by atoms with Gasteiger partial charge in [0, 0.05) is 13.0 Å². The summed E-state index contributed by atoms with van der Waals surface area (Å²) in [4.78, 5) is 11.2. The molecule has 1 saturated heterocycles. The molecule has 0 aromatic heterocycles. The van der Waals surface area contributed by atoms with Crippen molar-refractivity contribution in [2.75, 3.05) is 6.54 Å². The van der Waals surface area contributed by atoms with Crippen LogP contribution in [0.25, 0.3) is 0 Å². The van der Waals surface area contributed by atoms with E-state index in [0.29, 0.717) is 13.0 Å². The minimum Gasteiger partial charge on any atom is -0.274 e. The molecule has 0 unspecified atom stereocenters. The maximum absolute atomic E-state index is 11.2. The quantitative estimate of drug-likeness (QED) is 0.726. The maximum atomic E-state index is 11.2. The van der Waals surface area contributed by atoms with E-state index in [9.17, 15) is 4.79 Å². The molecule has 1 heterocycles. The summed E-state index contributed by atoms with van der Waals surface area (Å²) in [5, 5.41) is 1.68. The number of carbonyl (C=O) groups is 1. The van der Waals surface area contributed by atoms with Gasteiger partial charge in [0.15, 0.2) is 0 Å². The Morgan fingerprint density at radius 3 is 2.69 bits per heavy atom. The van der Waals surface area contributed by atoms with Crippen LogP contribution in [0.15, 0.2) is 30.3 Å². The lowest BCUT2D eigenvalue weighted by Gasteiger charge is -2.15. The largest absolute Gasteiger partial charge is 0.274 e. The summed E-state index contributed by atoms with van der Waals surface area (Å²) < 4.78 is 0. The first-order valence-electron chi connectivity index (χ1n) is 4.44. The molecule has 1 N–H and O–H groups in total. The fourth-order valence-corrected chi connectivity index (χ4v) is 1.43. The van der Waals surface area contributed by atoms with Crippen molar-refractivity contribution in [1.82, 2.24) is 10.4 Å². The van der Waals surface area contributed by atoms with E-state index in [1.54, 1.807) is 5.01 Å². The van der Waals surface area contributed by atoms with Gasteiger partial charge in [-0.05, 0) is 5.56 Å². The SMILES string of the molecule is O=C1CCNN1Cc1ccccc1. The zero-order valence-corrected chi connectivity index (χ0v) is 7.36. The molecule has 0 radical (unpaired) electrons. The molecule has 0 aliphatic carbocycles. The molecule has 1 aliphatic heterocycles. The number of amides is 1. The first-order chi connectivity index (χ1) is 6.36. The number of hydrogen-bond acceptors (Lipinski definition) is 2. The zero-order chi connectivity index (χ0) is 9.10. The fraction of sp³-hybridized carbons (Fsp3) is 0.300. The second-order valence-corrected chi connectivity index (χ2v) is 3.12. The normalized spacial score (nSPS) is 16.6. The average Bonchev–Trinajstić information content (AvgIpc) is 2.54. The van der Waals surface area contributed by atoms with E-state index < -0.39 is 0 Å². The number of nitrogens with one attached hydrogen (secondary N) is 1. The Bertz CT molecular complexity index is 297. The molecule has 1 amide bonds. The minimum atomic E-state index is 0.184. The molecule has 3 nitrogen and oxygen atoms in total. The Balaban J connectivity index is 2.02. The number of hydrogen-bond donors (Lipinski definition) is 1. The van der Waals surface area contributed by atoms with Crippen molar-refractivity contribution in [2.45, 2.75) is 13.0 Å². The molecule has 13 heavy (non-hydrogen) atoms. The highest BCUT2D eigenvalue weighted by Gasteiger charge is 2.19. The summed E-state index contributed by atoms with van der Waals surface area (Å²) >= 11 is 0. The first kappa shape index (κ1) is 8.26. The summed E-state index contributed by atoms with van der Waals surface area (Å²) in [5.41, 5.74) is 4.20. The van der Waals surface area contributed by atoms with Crippen LogP contribution in [0.5, 0.6) is 0 Å². The van der Waals surface area contributed by atoms with Gasteiger partial charge in [0.05, 0.1) is 6.54 Å². The lowest BCUT2D eigenvalue weighted by molar-refractivity contribution is -0.130. The summed E-state index contributed by atoms with van der Waals surface area (Å²) in [6.45, 7) is 1.44. The Kier molecular flexibility index (Phi) is 2.27. The molecule has 1 aromatic carbocycles. The van der Waals surface area contributed by atoms with Crippen LogP contribution in [0.4, 0.5) is 0 Å². The van der Waals surface area contributed by atoms with Crippen molar-refractivity contribution >= 4 is 5.91 Å². The van der Waals surface area contributed by atoms with Gasteiger partial charge >= 0.3 is 0 Å². The van der Waals surface area contributed by atoms with Crippen molar-refractivity contribution in [3.05, 3.63) is 35.9 Å². The standard InChI is InChI=1S/C10H12N2O/c13-10-6-7-11-12(10)8-9-4-2-1-3-5-9/h1-5,11H,6-8H2. The predicted octanol–water partition coefficient (Wildman–Crippen LogP) is 0.923. The van der Waals surface area contributed by atoms with E-state index in [1.165, 1.54) is 0 Å². The molecule has 1 aromatic rings. The van der Waals surface area contributed by atoms with Gasteiger partial charge in [0.2, 0.25) is 5.91 Å².